The second-order valence-electron chi connectivity index (χ2n) is 5.85. The van der Waals surface area contributed by atoms with Crippen LogP contribution in [0.15, 0.2) is 53.5 Å². The fourth-order valence-electron chi connectivity index (χ4n) is 2.52. The molecule has 28 heavy (non-hydrogen) atoms. The summed E-state index contributed by atoms with van der Waals surface area (Å²) in [5.74, 6) is 2.45. The molecule has 0 spiro atoms. The van der Waals surface area contributed by atoms with Crippen molar-refractivity contribution < 1.29 is 14.2 Å². The summed E-state index contributed by atoms with van der Waals surface area (Å²) in [7, 11) is 3.34. The highest BCUT2D eigenvalue weighted by atomic mass is 127. The molecular formula is C21H30IN3O3. The number of hydrogen-bond donors (Lipinski definition) is 2. The lowest BCUT2D eigenvalue weighted by Gasteiger charge is -2.13. The Bertz CT molecular complexity index is 726. The molecule has 0 bridgehead atoms. The maximum Gasteiger partial charge on any atom is 0.191 e. The zero-order valence-corrected chi connectivity index (χ0v) is 19.1. The number of methoxy groups -OCH3 is 2. The van der Waals surface area contributed by atoms with Crippen molar-refractivity contribution in [2.75, 3.05) is 34.0 Å². The first-order valence-electron chi connectivity index (χ1n) is 9.11. The zero-order chi connectivity index (χ0) is 19.3. The number of guanidine groups is 1. The average molecular weight is 499 g/mol. The van der Waals surface area contributed by atoms with Crippen LogP contribution in [0.4, 0.5) is 0 Å². The lowest BCUT2D eigenvalue weighted by Crippen LogP contribution is -2.36. The van der Waals surface area contributed by atoms with Crippen molar-refractivity contribution in [3.63, 3.8) is 0 Å². The van der Waals surface area contributed by atoms with Gasteiger partial charge < -0.3 is 24.8 Å². The molecular weight excluding hydrogens is 469 g/mol. The van der Waals surface area contributed by atoms with E-state index < -0.39 is 0 Å². The van der Waals surface area contributed by atoms with Gasteiger partial charge in [0.15, 0.2) is 5.96 Å². The molecule has 154 valence electrons. The van der Waals surface area contributed by atoms with Gasteiger partial charge in [-0.3, -0.25) is 0 Å². The third-order valence-corrected chi connectivity index (χ3v) is 3.86. The minimum Gasteiger partial charge on any atom is -0.496 e. The van der Waals surface area contributed by atoms with Crippen LogP contribution in [0.25, 0.3) is 0 Å². The van der Waals surface area contributed by atoms with Gasteiger partial charge in [-0.1, -0.05) is 30.3 Å². The first-order chi connectivity index (χ1) is 13.3. The van der Waals surface area contributed by atoms with Crippen LogP contribution in [0.5, 0.6) is 11.5 Å². The minimum absolute atomic E-state index is 0. The maximum absolute atomic E-state index is 5.65. The Morgan fingerprint density at radius 3 is 2.57 bits per heavy atom. The molecule has 0 unspecified atom stereocenters. The van der Waals surface area contributed by atoms with Crippen LogP contribution in [0, 0.1) is 0 Å². The lowest BCUT2D eigenvalue weighted by molar-refractivity contribution is 0.146. The smallest absolute Gasteiger partial charge is 0.191 e. The molecule has 0 aliphatic carbocycles. The van der Waals surface area contributed by atoms with Crippen molar-refractivity contribution >= 4 is 29.9 Å². The first kappa shape index (κ1) is 24.0. The molecule has 0 atom stereocenters. The number of para-hydroxylation sites is 1. The predicted octanol–water partition coefficient (Wildman–Crippen LogP) is 3.59. The van der Waals surface area contributed by atoms with Gasteiger partial charge in [0, 0.05) is 25.8 Å². The van der Waals surface area contributed by atoms with Gasteiger partial charge in [-0.2, -0.15) is 0 Å². The maximum atomic E-state index is 5.65. The molecule has 0 saturated carbocycles. The van der Waals surface area contributed by atoms with Crippen molar-refractivity contribution in [1.29, 1.82) is 0 Å². The topological polar surface area (TPSA) is 64.1 Å². The van der Waals surface area contributed by atoms with Gasteiger partial charge in [0.1, 0.15) is 18.1 Å². The van der Waals surface area contributed by atoms with Gasteiger partial charge >= 0.3 is 0 Å². The third kappa shape index (κ3) is 8.35. The molecule has 0 heterocycles. The molecule has 0 amide bonds. The molecule has 2 aromatic rings. The Balaban J connectivity index is 0.00000392. The van der Waals surface area contributed by atoms with E-state index in [9.17, 15) is 0 Å². The van der Waals surface area contributed by atoms with E-state index >= 15 is 0 Å². The summed E-state index contributed by atoms with van der Waals surface area (Å²) in [4.78, 5) is 4.67. The summed E-state index contributed by atoms with van der Waals surface area (Å²) in [6.45, 7) is 5.13. The van der Waals surface area contributed by atoms with Crippen LogP contribution in [0.2, 0.25) is 0 Å². The molecule has 0 fully saturated rings. The van der Waals surface area contributed by atoms with E-state index in [-0.39, 0.29) is 24.0 Å². The molecule has 0 aliphatic rings. The molecule has 0 aromatic heterocycles. The second kappa shape index (κ2) is 14.1. The standard InChI is InChI=1S/C21H29N3O3.HI/c1-4-22-21(24-16-18-9-5-6-11-20(18)26-3)23-15-17-8-7-10-19(14-17)27-13-12-25-2;/h5-11,14H,4,12-13,15-16H2,1-3H3,(H2,22,23,24);1H. The van der Waals surface area contributed by atoms with Crippen LogP contribution >= 0.6 is 24.0 Å². The number of hydrogen-bond acceptors (Lipinski definition) is 4. The Kier molecular flexibility index (Phi) is 12.1. The van der Waals surface area contributed by atoms with E-state index in [1.54, 1.807) is 14.2 Å². The van der Waals surface area contributed by atoms with Gasteiger partial charge in [0.25, 0.3) is 0 Å². The Morgan fingerprint density at radius 2 is 1.82 bits per heavy atom. The molecule has 6 nitrogen and oxygen atoms in total. The molecule has 2 aromatic carbocycles. The number of nitrogens with one attached hydrogen (secondary N) is 2. The summed E-state index contributed by atoms with van der Waals surface area (Å²) in [6, 6.07) is 15.9. The summed E-state index contributed by atoms with van der Waals surface area (Å²) < 4.78 is 16.1. The van der Waals surface area contributed by atoms with E-state index in [0.29, 0.717) is 26.3 Å². The monoisotopic (exact) mass is 499 g/mol. The van der Waals surface area contributed by atoms with E-state index in [2.05, 4.69) is 15.6 Å². The van der Waals surface area contributed by atoms with Crippen molar-refractivity contribution in [2.24, 2.45) is 4.99 Å². The van der Waals surface area contributed by atoms with Crippen LogP contribution < -0.4 is 20.1 Å². The van der Waals surface area contributed by atoms with Gasteiger partial charge in [0.2, 0.25) is 0 Å². The van der Waals surface area contributed by atoms with Gasteiger partial charge in [-0.05, 0) is 30.7 Å². The largest absolute Gasteiger partial charge is 0.496 e. The average Bonchev–Trinajstić information content (AvgIpc) is 2.71. The second-order valence-corrected chi connectivity index (χ2v) is 5.85. The number of rotatable bonds is 10. The first-order valence-corrected chi connectivity index (χ1v) is 9.11. The van der Waals surface area contributed by atoms with Gasteiger partial charge in [0.05, 0.1) is 20.3 Å². The molecule has 2 N–H and O–H groups in total. The SMILES string of the molecule is CCNC(=NCc1cccc(OCCOC)c1)NCc1ccccc1OC.I. The Morgan fingerprint density at radius 1 is 1.00 bits per heavy atom. The van der Waals surface area contributed by atoms with Crippen LogP contribution in [0.3, 0.4) is 0 Å². The summed E-state index contributed by atoms with van der Waals surface area (Å²) in [5.41, 5.74) is 2.17. The normalized spacial score (nSPS) is 10.8. The Hall–Kier alpha value is -2.00. The molecule has 0 radical (unpaired) electrons. The van der Waals surface area contributed by atoms with Gasteiger partial charge in [-0.25, -0.2) is 4.99 Å². The fourth-order valence-corrected chi connectivity index (χ4v) is 2.52. The molecule has 0 saturated heterocycles. The van der Waals surface area contributed by atoms with Crippen molar-refractivity contribution in [3.05, 3.63) is 59.7 Å². The van der Waals surface area contributed by atoms with E-state index in [4.69, 9.17) is 14.2 Å². The Labute approximate surface area is 184 Å². The molecule has 2 rings (SSSR count). The molecule has 7 heteroatoms. The van der Waals surface area contributed by atoms with E-state index in [1.165, 1.54) is 0 Å². The fraction of sp³-hybridized carbons (Fsp3) is 0.381. The summed E-state index contributed by atoms with van der Waals surface area (Å²) in [5, 5.41) is 6.62. The predicted molar refractivity (Wildman–Crippen MR) is 124 cm³/mol. The third-order valence-electron chi connectivity index (χ3n) is 3.86. The number of benzene rings is 2. The minimum atomic E-state index is 0. The molecule has 0 aliphatic heterocycles. The van der Waals surface area contributed by atoms with Crippen molar-refractivity contribution in [2.45, 2.75) is 20.0 Å². The summed E-state index contributed by atoms with van der Waals surface area (Å²) >= 11 is 0. The van der Waals surface area contributed by atoms with Crippen LogP contribution in [0.1, 0.15) is 18.1 Å². The van der Waals surface area contributed by atoms with Crippen molar-refractivity contribution in [1.82, 2.24) is 10.6 Å². The number of nitrogens with zero attached hydrogens (tertiary/aromatic N) is 1. The number of aliphatic imine (C=N–C) groups is 1. The lowest BCUT2D eigenvalue weighted by atomic mass is 10.2. The zero-order valence-electron chi connectivity index (χ0n) is 16.7. The van der Waals surface area contributed by atoms with Crippen LogP contribution in [-0.2, 0) is 17.8 Å². The van der Waals surface area contributed by atoms with Crippen LogP contribution in [-0.4, -0.2) is 39.9 Å². The highest BCUT2D eigenvalue weighted by Crippen LogP contribution is 2.17. The summed E-state index contributed by atoms with van der Waals surface area (Å²) in [6.07, 6.45) is 0. The quantitative estimate of drug-likeness (QED) is 0.227. The van der Waals surface area contributed by atoms with Gasteiger partial charge in [-0.15, -0.1) is 24.0 Å². The highest BCUT2D eigenvalue weighted by Gasteiger charge is 2.04. The number of ether oxygens (including phenoxy) is 3. The highest BCUT2D eigenvalue weighted by molar-refractivity contribution is 14.0. The van der Waals surface area contributed by atoms with Crippen molar-refractivity contribution in [3.8, 4) is 11.5 Å². The number of halogens is 1. The van der Waals surface area contributed by atoms with E-state index in [0.717, 1.165) is 35.1 Å². The van der Waals surface area contributed by atoms with E-state index in [1.807, 2.05) is 55.5 Å².